The molecule has 0 heterocycles. The molecule has 6 heteroatoms. The maximum absolute atomic E-state index is 13.4. The van der Waals surface area contributed by atoms with Crippen LogP contribution in [0.2, 0.25) is 0 Å². The van der Waals surface area contributed by atoms with Crippen molar-refractivity contribution in [1.82, 2.24) is 5.32 Å². The van der Waals surface area contributed by atoms with Crippen LogP contribution in [0, 0.1) is 5.82 Å². The van der Waals surface area contributed by atoms with E-state index in [4.69, 9.17) is 14.6 Å². The summed E-state index contributed by atoms with van der Waals surface area (Å²) in [5.41, 5.74) is -0.0851. The number of halogens is 1. The summed E-state index contributed by atoms with van der Waals surface area (Å²) in [6, 6.07) is 3.42. The Morgan fingerprint density at radius 2 is 2.16 bits per heavy atom. The van der Waals surface area contributed by atoms with Crippen LogP contribution in [0.25, 0.3) is 0 Å². The van der Waals surface area contributed by atoms with Gasteiger partial charge in [0.05, 0.1) is 18.8 Å². The molecule has 0 aromatic heterocycles. The van der Waals surface area contributed by atoms with Gasteiger partial charge in [-0.3, -0.25) is 4.79 Å². The van der Waals surface area contributed by atoms with E-state index in [1.165, 1.54) is 12.1 Å². The van der Waals surface area contributed by atoms with E-state index in [1.54, 1.807) is 7.11 Å². The van der Waals surface area contributed by atoms with E-state index in [-0.39, 0.29) is 11.3 Å². The SMILES string of the molecule is COCCOCCCNC(=O)c1ccc(O)cc1F. The van der Waals surface area contributed by atoms with Crippen LogP contribution in [0.15, 0.2) is 18.2 Å². The summed E-state index contributed by atoms with van der Waals surface area (Å²) in [6.07, 6.45) is 0.634. The lowest BCUT2D eigenvalue weighted by molar-refractivity contribution is 0.0688. The average molecular weight is 271 g/mol. The number of rotatable bonds is 8. The quantitative estimate of drug-likeness (QED) is 0.700. The first-order chi connectivity index (χ1) is 9.15. The first-order valence-electron chi connectivity index (χ1n) is 5.98. The van der Waals surface area contributed by atoms with Crippen LogP contribution in [0.1, 0.15) is 16.8 Å². The van der Waals surface area contributed by atoms with Gasteiger partial charge in [-0.1, -0.05) is 0 Å². The molecule has 0 saturated heterocycles. The third-order valence-corrected chi connectivity index (χ3v) is 2.38. The minimum absolute atomic E-state index is 0.0851. The van der Waals surface area contributed by atoms with Gasteiger partial charge in [-0.2, -0.15) is 0 Å². The van der Waals surface area contributed by atoms with Crippen LogP contribution >= 0.6 is 0 Å². The van der Waals surface area contributed by atoms with Gasteiger partial charge >= 0.3 is 0 Å². The fourth-order valence-corrected chi connectivity index (χ4v) is 1.40. The van der Waals surface area contributed by atoms with E-state index in [1.807, 2.05) is 0 Å². The Kier molecular flexibility index (Phi) is 6.84. The van der Waals surface area contributed by atoms with E-state index in [9.17, 15) is 9.18 Å². The summed E-state index contributed by atoms with van der Waals surface area (Å²) in [6.45, 7) is 1.94. The third-order valence-electron chi connectivity index (χ3n) is 2.38. The van der Waals surface area contributed by atoms with E-state index in [0.717, 1.165) is 6.07 Å². The van der Waals surface area contributed by atoms with Gasteiger partial charge in [-0.15, -0.1) is 0 Å². The number of aromatic hydroxyl groups is 1. The third kappa shape index (κ3) is 5.67. The lowest BCUT2D eigenvalue weighted by Crippen LogP contribution is -2.26. The van der Waals surface area contributed by atoms with E-state index < -0.39 is 11.7 Å². The number of phenols is 1. The maximum Gasteiger partial charge on any atom is 0.254 e. The Hall–Kier alpha value is -1.66. The molecule has 106 valence electrons. The topological polar surface area (TPSA) is 67.8 Å². The van der Waals surface area contributed by atoms with Gasteiger partial charge in [0, 0.05) is 26.3 Å². The molecule has 0 fully saturated rings. The molecular weight excluding hydrogens is 253 g/mol. The number of ether oxygens (including phenoxy) is 2. The molecule has 19 heavy (non-hydrogen) atoms. The Labute approximate surface area is 111 Å². The maximum atomic E-state index is 13.4. The number of carbonyl (C=O) groups excluding carboxylic acids is 1. The summed E-state index contributed by atoms with van der Waals surface area (Å²) in [7, 11) is 1.59. The zero-order valence-corrected chi connectivity index (χ0v) is 10.8. The Morgan fingerprint density at radius 1 is 1.37 bits per heavy atom. The van der Waals surface area contributed by atoms with Crippen LogP contribution in [0.4, 0.5) is 4.39 Å². The zero-order chi connectivity index (χ0) is 14.1. The Morgan fingerprint density at radius 3 is 2.84 bits per heavy atom. The predicted octanol–water partition coefficient (Wildman–Crippen LogP) is 1.31. The number of amides is 1. The molecule has 0 aliphatic heterocycles. The number of methoxy groups -OCH3 is 1. The highest BCUT2D eigenvalue weighted by Crippen LogP contribution is 2.14. The lowest BCUT2D eigenvalue weighted by atomic mass is 10.2. The van der Waals surface area contributed by atoms with Crippen molar-refractivity contribution in [1.29, 1.82) is 0 Å². The predicted molar refractivity (Wildman–Crippen MR) is 67.7 cm³/mol. The molecule has 1 rings (SSSR count). The number of phenolic OH excluding ortho intramolecular Hbond substituents is 1. The number of nitrogens with one attached hydrogen (secondary N) is 1. The highest BCUT2D eigenvalue weighted by Gasteiger charge is 2.11. The number of hydrogen-bond donors (Lipinski definition) is 2. The van der Waals surface area contributed by atoms with Crippen molar-refractivity contribution >= 4 is 5.91 Å². The molecule has 5 nitrogen and oxygen atoms in total. The fraction of sp³-hybridized carbons (Fsp3) is 0.462. The van der Waals surface area contributed by atoms with Crippen LogP contribution < -0.4 is 5.32 Å². The van der Waals surface area contributed by atoms with Gasteiger partial charge in [0.2, 0.25) is 0 Å². The first-order valence-corrected chi connectivity index (χ1v) is 5.98. The molecule has 0 spiro atoms. The van der Waals surface area contributed by atoms with E-state index >= 15 is 0 Å². The fourth-order valence-electron chi connectivity index (χ4n) is 1.40. The van der Waals surface area contributed by atoms with E-state index in [0.29, 0.717) is 32.8 Å². The average Bonchev–Trinajstić information content (AvgIpc) is 2.37. The van der Waals surface area contributed by atoms with Crippen molar-refractivity contribution in [3.8, 4) is 5.75 Å². The molecule has 0 bridgehead atoms. The van der Waals surface area contributed by atoms with Crippen molar-refractivity contribution < 1.29 is 23.8 Å². The number of hydrogen-bond acceptors (Lipinski definition) is 4. The van der Waals surface area contributed by atoms with Crippen LogP contribution in [-0.2, 0) is 9.47 Å². The Balaban J connectivity index is 2.24. The second-order valence-electron chi connectivity index (χ2n) is 3.88. The summed E-state index contributed by atoms with van der Waals surface area (Å²) in [4.78, 5) is 11.6. The van der Waals surface area contributed by atoms with Crippen molar-refractivity contribution in [2.75, 3.05) is 33.5 Å². The minimum Gasteiger partial charge on any atom is -0.508 e. The largest absolute Gasteiger partial charge is 0.508 e. The lowest BCUT2D eigenvalue weighted by Gasteiger charge is -2.07. The Bertz CT molecular complexity index is 412. The van der Waals surface area contributed by atoms with Crippen molar-refractivity contribution in [3.05, 3.63) is 29.6 Å². The molecular formula is C13H18FNO4. The monoisotopic (exact) mass is 271 g/mol. The molecule has 2 N–H and O–H groups in total. The summed E-state index contributed by atoms with van der Waals surface area (Å²) < 4.78 is 23.4. The molecule has 0 unspecified atom stereocenters. The summed E-state index contributed by atoms with van der Waals surface area (Å²) in [5.74, 6) is -1.45. The standard InChI is InChI=1S/C13H18FNO4/c1-18-7-8-19-6-2-5-15-13(17)11-4-3-10(16)9-12(11)14/h3-4,9,16H,2,5-8H2,1H3,(H,15,17). The van der Waals surface area contributed by atoms with Gasteiger partial charge in [0.15, 0.2) is 0 Å². The number of carbonyl (C=O) groups is 1. The van der Waals surface area contributed by atoms with Crippen LogP contribution in [-0.4, -0.2) is 44.5 Å². The summed E-state index contributed by atoms with van der Waals surface area (Å²) in [5, 5.41) is 11.6. The van der Waals surface area contributed by atoms with Crippen molar-refractivity contribution in [2.24, 2.45) is 0 Å². The first kappa shape index (κ1) is 15.4. The highest BCUT2D eigenvalue weighted by atomic mass is 19.1. The van der Waals surface area contributed by atoms with Gasteiger partial charge in [0.1, 0.15) is 11.6 Å². The molecule has 0 atom stereocenters. The molecule has 0 radical (unpaired) electrons. The van der Waals surface area contributed by atoms with E-state index in [2.05, 4.69) is 5.32 Å². The van der Waals surface area contributed by atoms with Crippen molar-refractivity contribution in [3.63, 3.8) is 0 Å². The van der Waals surface area contributed by atoms with Gasteiger partial charge in [-0.25, -0.2) is 4.39 Å². The second kappa shape index (κ2) is 8.44. The van der Waals surface area contributed by atoms with Crippen molar-refractivity contribution in [2.45, 2.75) is 6.42 Å². The molecule has 1 aromatic rings. The normalized spacial score (nSPS) is 10.4. The minimum atomic E-state index is -0.742. The van der Waals surface area contributed by atoms with Gasteiger partial charge in [-0.05, 0) is 18.6 Å². The van der Waals surface area contributed by atoms with Gasteiger partial charge < -0.3 is 19.9 Å². The molecule has 0 saturated carbocycles. The van der Waals surface area contributed by atoms with Gasteiger partial charge in [0.25, 0.3) is 5.91 Å². The molecule has 1 amide bonds. The molecule has 0 aliphatic carbocycles. The number of benzene rings is 1. The highest BCUT2D eigenvalue weighted by molar-refractivity contribution is 5.94. The zero-order valence-electron chi connectivity index (χ0n) is 10.8. The second-order valence-corrected chi connectivity index (χ2v) is 3.88. The molecule has 1 aromatic carbocycles. The van der Waals surface area contributed by atoms with Crippen LogP contribution in [0.3, 0.4) is 0 Å². The smallest absolute Gasteiger partial charge is 0.254 e. The van der Waals surface area contributed by atoms with Crippen LogP contribution in [0.5, 0.6) is 5.75 Å². The molecule has 0 aliphatic rings. The summed E-state index contributed by atoms with van der Waals surface area (Å²) >= 11 is 0.